The van der Waals surface area contributed by atoms with Crippen molar-refractivity contribution in [2.45, 2.75) is 58.8 Å². The maximum Gasteiger partial charge on any atom is 0.0280 e. The van der Waals surface area contributed by atoms with Gasteiger partial charge in [-0.15, -0.1) is 11.6 Å². The molecule has 0 aromatic rings. The number of hydrogen-bond donors (Lipinski definition) is 0. The van der Waals surface area contributed by atoms with Crippen LogP contribution in [0, 0.1) is 11.3 Å². The van der Waals surface area contributed by atoms with Crippen LogP contribution in [0.2, 0.25) is 0 Å². The van der Waals surface area contributed by atoms with Gasteiger partial charge in [0.25, 0.3) is 0 Å². The van der Waals surface area contributed by atoms with Crippen LogP contribution in [-0.2, 0) is 0 Å². The predicted octanol–water partition coefficient (Wildman–Crippen LogP) is 4.61. The first kappa shape index (κ1) is 11.4. The van der Waals surface area contributed by atoms with E-state index >= 15 is 0 Å². The van der Waals surface area contributed by atoms with Gasteiger partial charge in [0.15, 0.2) is 0 Å². The van der Waals surface area contributed by atoms with Crippen LogP contribution in [0.4, 0.5) is 0 Å². The van der Waals surface area contributed by atoms with Gasteiger partial charge in [-0.05, 0) is 30.6 Å². The summed E-state index contributed by atoms with van der Waals surface area (Å²) in [4.78, 5) is 0. The summed E-state index contributed by atoms with van der Waals surface area (Å²) < 4.78 is 0. The summed E-state index contributed by atoms with van der Waals surface area (Å²) in [5, 5.41) is 0. The summed E-state index contributed by atoms with van der Waals surface area (Å²) in [7, 11) is 0. The van der Waals surface area contributed by atoms with Crippen molar-refractivity contribution < 1.29 is 0 Å². The number of alkyl halides is 1. The van der Waals surface area contributed by atoms with E-state index in [-0.39, 0.29) is 0 Å². The molecule has 0 spiro atoms. The highest BCUT2D eigenvalue weighted by Gasteiger charge is 2.42. The monoisotopic (exact) mass is 202 g/mol. The van der Waals surface area contributed by atoms with E-state index in [1.165, 1.54) is 44.9 Å². The minimum Gasteiger partial charge on any atom is -0.126 e. The largest absolute Gasteiger partial charge is 0.126 e. The summed E-state index contributed by atoms with van der Waals surface area (Å²) in [6.07, 6.45) is 9.68. The summed E-state index contributed by atoms with van der Waals surface area (Å²) in [5.74, 6) is 1.84. The first-order chi connectivity index (χ1) is 6.26. The van der Waals surface area contributed by atoms with Gasteiger partial charge in [-0.3, -0.25) is 0 Å². The molecule has 1 aliphatic carbocycles. The fourth-order valence-electron chi connectivity index (χ4n) is 2.12. The van der Waals surface area contributed by atoms with Crippen LogP contribution in [0.25, 0.3) is 0 Å². The normalized spacial score (nSPS) is 21.5. The lowest BCUT2D eigenvalue weighted by Gasteiger charge is -2.20. The Balaban J connectivity index is 2.22. The van der Waals surface area contributed by atoms with E-state index in [0.717, 1.165) is 11.8 Å². The average Bonchev–Trinajstić information content (AvgIpc) is 2.93. The highest BCUT2D eigenvalue weighted by Crippen LogP contribution is 2.52. The predicted molar refractivity (Wildman–Crippen MR) is 60.3 cm³/mol. The third kappa shape index (κ3) is 3.50. The Hall–Kier alpha value is 0.290. The van der Waals surface area contributed by atoms with Gasteiger partial charge in [-0.2, -0.15) is 0 Å². The van der Waals surface area contributed by atoms with E-state index in [2.05, 4.69) is 13.8 Å². The topological polar surface area (TPSA) is 0 Å². The van der Waals surface area contributed by atoms with Gasteiger partial charge in [0.2, 0.25) is 0 Å². The Morgan fingerprint density at radius 3 is 2.38 bits per heavy atom. The minimum absolute atomic E-state index is 0.579. The van der Waals surface area contributed by atoms with Gasteiger partial charge in [0, 0.05) is 5.88 Å². The first-order valence-electron chi connectivity index (χ1n) is 5.82. The van der Waals surface area contributed by atoms with Crippen LogP contribution >= 0.6 is 11.6 Å². The Labute approximate surface area is 88.1 Å². The van der Waals surface area contributed by atoms with Crippen molar-refractivity contribution in [2.24, 2.45) is 11.3 Å². The van der Waals surface area contributed by atoms with Crippen molar-refractivity contribution >= 4 is 11.6 Å². The van der Waals surface area contributed by atoms with Crippen molar-refractivity contribution in [1.29, 1.82) is 0 Å². The van der Waals surface area contributed by atoms with Gasteiger partial charge in [0.1, 0.15) is 0 Å². The lowest BCUT2D eigenvalue weighted by molar-refractivity contribution is 0.341. The van der Waals surface area contributed by atoms with Crippen molar-refractivity contribution in [3.05, 3.63) is 0 Å². The fourth-order valence-corrected chi connectivity index (χ4v) is 2.50. The van der Waals surface area contributed by atoms with E-state index in [0.29, 0.717) is 5.41 Å². The van der Waals surface area contributed by atoms with Crippen molar-refractivity contribution in [2.75, 3.05) is 5.88 Å². The second-order valence-electron chi connectivity index (χ2n) is 4.75. The molecule has 0 aliphatic heterocycles. The first-order valence-corrected chi connectivity index (χ1v) is 6.35. The van der Waals surface area contributed by atoms with Crippen molar-refractivity contribution in [3.63, 3.8) is 0 Å². The second-order valence-corrected chi connectivity index (χ2v) is 5.02. The maximum atomic E-state index is 5.99. The Bertz CT molecular complexity index is 138. The van der Waals surface area contributed by atoms with E-state index in [1.807, 2.05) is 0 Å². The maximum absolute atomic E-state index is 5.99. The molecule has 13 heavy (non-hydrogen) atoms. The zero-order chi connectivity index (χ0) is 9.73. The Morgan fingerprint density at radius 2 is 2.00 bits per heavy atom. The van der Waals surface area contributed by atoms with E-state index in [9.17, 15) is 0 Å². The standard InChI is InChI=1S/C12H23Cl/c1-3-5-6-11(4-2)9-12(10-13)7-8-12/h11H,3-10H2,1-2H3. The number of rotatable bonds is 7. The van der Waals surface area contributed by atoms with Crippen LogP contribution in [0.1, 0.15) is 58.8 Å². The molecule has 0 aromatic heterocycles. The molecule has 0 bridgehead atoms. The highest BCUT2D eigenvalue weighted by atomic mass is 35.5. The number of hydrogen-bond acceptors (Lipinski definition) is 0. The lowest BCUT2D eigenvalue weighted by Crippen LogP contribution is -2.10. The molecule has 1 heteroatoms. The molecule has 0 nitrogen and oxygen atoms in total. The van der Waals surface area contributed by atoms with Gasteiger partial charge in [-0.25, -0.2) is 0 Å². The molecule has 78 valence electrons. The molecule has 1 aliphatic rings. The Kier molecular flexibility index (Phi) is 4.58. The van der Waals surface area contributed by atoms with Crippen LogP contribution in [0.5, 0.6) is 0 Å². The lowest BCUT2D eigenvalue weighted by atomic mass is 9.88. The molecule has 0 amide bonds. The summed E-state index contributed by atoms with van der Waals surface area (Å²) in [6.45, 7) is 4.60. The SMILES string of the molecule is CCCCC(CC)CC1(CCl)CC1. The molecule has 0 heterocycles. The molecule has 0 saturated heterocycles. The molecule has 1 atom stereocenters. The third-order valence-electron chi connectivity index (χ3n) is 3.51. The zero-order valence-corrected chi connectivity index (χ0v) is 9.87. The van der Waals surface area contributed by atoms with Crippen LogP contribution in [0.15, 0.2) is 0 Å². The zero-order valence-electron chi connectivity index (χ0n) is 9.11. The number of halogens is 1. The highest BCUT2D eigenvalue weighted by molar-refractivity contribution is 6.18. The average molecular weight is 203 g/mol. The molecule has 0 radical (unpaired) electrons. The second kappa shape index (κ2) is 5.24. The van der Waals surface area contributed by atoms with E-state index in [4.69, 9.17) is 11.6 Å². The molecule has 1 rings (SSSR count). The summed E-state index contributed by atoms with van der Waals surface area (Å²) in [6, 6.07) is 0. The van der Waals surface area contributed by atoms with E-state index < -0.39 is 0 Å². The summed E-state index contributed by atoms with van der Waals surface area (Å²) >= 11 is 5.99. The Morgan fingerprint density at radius 1 is 1.31 bits per heavy atom. The molecular weight excluding hydrogens is 180 g/mol. The van der Waals surface area contributed by atoms with Crippen LogP contribution in [0.3, 0.4) is 0 Å². The van der Waals surface area contributed by atoms with Gasteiger partial charge in [0.05, 0.1) is 0 Å². The molecule has 0 N–H and O–H groups in total. The molecule has 1 unspecified atom stereocenters. The smallest absolute Gasteiger partial charge is 0.0280 e. The van der Waals surface area contributed by atoms with Crippen LogP contribution < -0.4 is 0 Å². The van der Waals surface area contributed by atoms with Crippen LogP contribution in [-0.4, -0.2) is 5.88 Å². The van der Waals surface area contributed by atoms with E-state index in [1.54, 1.807) is 0 Å². The van der Waals surface area contributed by atoms with Gasteiger partial charge < -0.3 is 0 Å². The van der Waals surface area contributed by atoms with Crippen molar-refractivity contribution in [1.82, 2.24) is 0 Å². The fraction of sp³-hybridized carbons (Fsp3) is 1.00. The number of unbranched alkanes of at least 4 members (excludes halogenated alkanes) is 1. The van der Waals surface area contributed by atoms with Gasteiger partial charge >= 0.3 is 0 Å². The minimum atomic E-state index is 0.579. The van der Waals surface area contributed by atoms with Gasteiger partial charge in [-0.1, -0.05) is 39.5 Å². The molecule has 1 fully saturated rings. The molecule has 0 aromatic carbocycles. The summed E-state index contributed by atoms with van der Waals surface area (Å²) in [5.41, 5.74) is 0.579. The quantitative estimate of drug-likeness (QED) is 0.529. The third-order valence-corrected chi connectivity index (χ3v) is 4.07. The van der Waals surface area contributed by atoms with Crippen molar-refractivity contribution in [3.8, 4) is 0 Å². The molecular formula is C12H23Cl. The molecule has 1 saturated carbocycles.